The molecule has 0 radical (unpaired) electrons. The Morgan fingerprint density at radius 3 is 2.44 bits per heavy atom. The van der Waals surface area contributed by atoms with Crippen LogP contribution >= 0.6 is 0 Å². The third kappa shape index (κ3) is 6.52. The molecule has 0 aliphatic carbocycles. The van der Waals surface area contributed by atoms with E-state index in [2.05, 4.69) is 5.32 Å². The molecule has 2 amide bonds. The lowest BCUT2D eigenvalue weighted by atomic mass is 10.1. The minimum absolute atomic E-state index is 0.216. The molecule has 0 atom stereocenters. The Hall–Kier alpha value is -3.98. The highest BCUT2D eigenvalue weighted by atomic mass is 16.5. The van der Waals surface area contributed by atoms with Crippen LogP contribution in [0.5, 0.6) is 17.2 Å². The van der Waals surface area contributed by atoms with Gasteiger partial charge in [0, 0.05) is 19.2 Å². The van der Waals surface area contributed by atoms with Crippen molar-refractivity contribution in [2.24, 2.45) is 0 Å². The summed E-state index contributed by atoms with van der Waals surface area (Å²) in [6.45, 7) is 0.824. The molecule has 9 nitrogen and oxygen atoms in total. The summed E-state index contributed by atoms with van der Waals surface area (Å²) in [5.41, 5.74) is 0.949. The van der Waals surface area contributed by atoms with E-state index in [1.165, 1.54) is 14.2 Å². The van der Waals surface area contributed by atoms with Crippen LogP contribution in [0.15, 0.2) is 65.3 Å². The number of anilines is 1. The maximum absolute atomic E-state index is 13.1. The van der Waals surface area contributed by atoms with Crippen molar-refractivity contribution < 1.29 is 33.0 Å². The fourth-order valence-corrected chi connectivity index (χ4v) is 3.22. The van der Waals surface area contributed by atoms with E-state index in [-0.39, 0.29) is 18.4 Å². The molecule has 0 unspecified atom stereocenters. The molecule has 3 aromatic rings. The van der Waals surface area contributed by atoms with Crippen molar-refractivity contribution in [3.63, 3.8) is 0 Å². The molecular formula is C25H28N2O7. The van der Waals surface area contributed by atoms with Crippen molar-refractivity contribution in [3.05, 3.63) is 72.2 Å². The molecule has 1 heterocycles. The molecule has 34 heavy (non-hydrogen) atoms. The maximum atomic E-state index is 13.1. The van der Waals surface area contributed by atoms with Gasteiger partial charge in [0.2, 0.25) is 0 Å². The van der Waals surface area contributed by atoms with Crippen LogP contribution < -0.4 is 19.5 Å². The van der Waals surface area contributed by atoms with Crippen molar-refractivity contribution in [1.82, 2.24) is 4.90 Å². The molecule has 9 heteroatoms. The van der Waals surface area contributed by atoms with Crippen LogP contribution in [0.3, 0.4) is 0 Å². The molecule has 180 valence electrons. The lowest BCUT2D eigenvalue weighted by molar-refractivity contribution is -0.118. The number of hydrogen-bond acceptors (Lipinski definition) is 7. The number of hydrogen-bond donors (Lipinski definition) is 1. The predicted octanol–water partition coefficient (Wildman–Crippen LogP) is 3.60. The van der Waals surface area contributed by atoms with E-state index >= 15 is 0 Å². The second-order valence-electron chi connectivity index (χ2n) is 7.20. The van der Waals surface area contributed by atoms with E-state index in [0.29, 0.717) is 54.0 Å². The molecule has 3 rings (SSSR count). The number of carbonyl (C=O) groups excluding carboxylic acids is 2. The molecule has 1 aromatic heterocycles. The second kappa shape index (κ2) is 12.3. The molecule has 0 aliphatic heterocycles. The predicted molar refractivity (Wildman–Crippen MR) is 125 cm³/mol. The van der Waals surface area contributed by atoms with E-state index in [0.717, 1.165) is 0 Å². The molecule has 0 spiro atoms. The topological polar surface area (TPSA) is 99.5 Å². The van der Waals surface area contributed by atoms with Crippen LogP contribution in [-0.2, 0) is 16.1 Å². The van der Waals surface area contributed by atoms with Gasteiger partial charge in [0.25, 0.3) is 11.8 Å². The van der Waals surface area contributed by atoms with Crippen molar-refractivity contribution in [3.8, 4) is 17.2 Å². The van der Waals surface area contributed by atoms with Gasteiger partial charge in [0.05, 0.1) is 39.3 Å². The fourth-order valence-electron chi connectivity index (χ4n) is 3.22. The lowest BCUT2D eigenvalue weighted by Gasteiger charge is -2.22. The third-order valence-electron chi connectivity index (χ3n) is 4.93. The summed E-state index contributed by atoms with van der Waals surface area (Å²) in [6, 6.07) is 15.5. The molecule has 0 fully saturated rings. The zero-order chi connectivity index (χ0) is 24.3. The molecule has 0 saturated carbocycles. The molecule has 0 bridgehead atoms. The second-order valence-corrected chi connectivity index (χ2v) is 7.20. The van der Waals surface area contributed by atoms with Gasteiger partial charge in [0.1, 0.15) is 11.5 Å². The Labute approximate surface area is 198 Å². The SMILES string of the molecule is COCCN(Cc1ccco1)C(=O)c1ccc(OCC(=O)Nc2ccccc2OC)c(OC)c1. The summed E-state index contributed by atoms with van der Waals surface area (Å²) in [5, 5.41) is 2.74. The Morgan fingerprint density at radius 2 is 1.74 bits per heavy atom. The summed E-state index contributed by atoms with van der Waals surface area (Å²) in [7, 11) is 4.58. The number of amides is 2. The summed E-state index contributed by atoms with van der Waals surface area (Å²) < 4.78 is 26.8. The van der Waals surface area contributed by atoms with Gasteiger partial charge in [-0.1, -0.05) is 12.1 Å². The van der Waals surface area contributed by atoms with Crippen molar-refractivity contribution >= 4 is 17.5 Å². The minimum Gasteiger partial charge on any atom is -0.495 e. The fraction of sp³-hybridized carbons (Fsp3) is 0.280. The standard InChI is InChI=1S/C25H28N2O7/c1-30-14-12-27(16-19-7-6-13-33-19)25(29)18-10-11-22(23(15-18)32-3)34-17-24(28)26-20-8-4-5-9-21(20)31-2/h4-11,13,15H,12,14,16-17H2,1-3H3,(H,26,28). The number of nitrogens with one attached hydrogen (secondary N) is 1. The zero-order valence-corrected chi connectivity index (χ0v) is 19.4. The minimum atomic E-state index is -0.365. The molecule has 0 aliphatic rings. The van der Waals surface area contributed by atoms with Gasteiger partial charge in [-0.25, -0.2) is 0 Å². The van der Waals surface area contributed by atoms with Crippen molar-refractivity contribution in [2.75, 3.05) is 46.4 Å². The number of methoxy groups -OCH3 is 3. The Bertz CT molecular complexity index is 1080. The molecule has 1 N–H and O–H groups in total. The number of para-hydroxylation sites is 2. The smallest absolute Gasteiger partial charge is 0.262 e. The van der Waals surface area contributed by atoms with E-state index in [1.54, 1.807) is 66.8 Å². The molecular weight excluding hydrogens is 440 g/mol. The summed E-state index contributed by atoms with van der Waals surface area (Å²) in [5.74, 6) is 1.30. The van der Waals surface area contributed by atoms with Crippen LogP contribution in [0.25, 0.3) is 0 Å². The number of ether oxygens (including phenoxy) is 4. The highest BCUT2D eigenvalue weighted by Gasteiger charge is 2.19. The Morgan fingerprint density at radius 1 is 0.941 bits per heavy atom. The van der Waals surface area contributed by atoms with Crippen LogP contribution in [0.1, 0.15) is 16.1 Å². The van der Waals surface area contributed by atoms with Gasteiger partial charge >= 0.3 is 0 Å². The average molecular weight is 469 g/mol. The van der Waals surface area contributed by atoms with E-state index < -0.39 is 0 Å². The Kier molecular flexibility index (Phi) is 8.93. The van der Waals surface area contributed by atoms with E-state index in [1.807, 2.05) is 6.07 Å². The largest absolute Gasteiger partial charge is 0.495 e. The van der Waals surface area contributed by atoms with Gasteiger partial charge < -0.3 is 33.6 Å². The number of rotatable bonds is 12. The number of furan rings is 1. The first-order valence-electron chi connectivity index (χ1n) is 10.6. The summed E-state index contributed by atoms with van der Waals surface area (Å²) >= 11 is 0. The normalized spacial score (nSPS) is 10.4. The van der Waals surface area contributed by atoms with Gasteiger partial charge in [-0.15, -0.1) is 0 Å². The molecule has 2 aromatic carbocycles. The first-order chi connectivity index (χ1) is 16.5. The van der Waals surface area contributed by atoms with Crippen LogP contribution in [-0.4, -0.2) is 57.8 Å². The highest BCUT2D eigenvalue weighted by molar-refractivity contribution is 5.95. The third-order valence-corrected chi connectivity index (χ3v) is 4.93. The van der Waals surface area contributed by atoms with E-state index in [4.69, 9.17) is 23.4 Å². The van der Waals surface area contributed by atoms with Crippen molar-refractivity contribution in [1.29, 1.82) is 0 Å². The average Bonchev–Trinajstić information content (AvgIpc) is 3.38. The maximum Gasteiger partial charge on any atom is 0.262 e. The lowest BCUT2D eigenvalue weighted by Crippen LogP contribution is -2.33. The monoisotopic (exact) mass is 468 g/mol. The summed E-state index contributed by atoms with van der Waals surface area (Å²) in [6.07, 6.45) is 1.56. The first-order valence-corrected chi connectivity index (χ1v) is 10.6. The van der Waals surface area contributed by atoms with Gasteiger partial charge in [-0.2, -0.15) is 0 Å². The van der Waals surface area contributed by atoms with E-state index in [9.17, 15) is 9.59 Å². The van der Waals surface area contributed by atoms with Crippen LogP contribution in [0.2, 0.25) is 0 Å². The van der Waals surface area contributed by atoms with Crippen LogP contribution in [0, 0.1) is 0 Å². The van der Waals surface area contributed by atoms with Crippen LogP contribution in [0.4, 0.5) is 5.69 Å². The number of carbonyl (C=O) groups is 2. The van der Waals surface area contributed by atoms with Crippen molar-refractivity contribution in [2.45, 2.75) is 6.54 Å². The van der Waals surface area contributed by atoms with Gasteiger partial charge in [-0.3, -0.25) is 9.59 Å². The summed E-state index contributed by atoms with van der Waals surface area (Å²) in [4.78, 5) is 27.1. The quantitative estimate of drug-likeness (QED) is 0.434. The molecule has 0 saturated heterocycles. The first kappa shape index (κ1) is 24.7. The van der Waals surface area contributed by atoms with Gasteiger partial charge in [0.15, 0.2) is 18.1 Å². The number of nitrogens with zero attached hydrogens (tertiary/aromatic N) is 1. The van der Waals surface area contributed by atoms with Gasteiger partial charge in [-0.05, 0) is 42.5 Å². The number of benzene rings is 2. The zero-order valence-electron chi connectivity index (χ0n) is 19.4. The highest BCUT2D eigenvalue weighted by Crippen LogP contribution is 2.29. The Balaban J connectivity index is 1.67.